The molecule has 0 unspecified atom stereocenters. The van der Waals surface area contributed by atoms with Crippen LogP contribution in [0.25, 0.3) is 0 Å². The highest BCUT2D eigenvalue weighted by Crippen LogP contribution is 2.38. The average Bonchev–Trinajstić information content (AvgIpc) is 2.84. The van der Waals surface area contributed by atoms with Crippen molar-refractivity contribution in [2.75, 3.05) is 0 Å². The average molecular weight is 286 g/mol. The Balaban J connectivity index is 0.00000180. The smallest absolute Gasteiger partial charge is 0.339 e. The van der Waals surface area contributed by atoms with Crippen molar-refractivity contribution in [3.05, 3.63) is 28.8 Å². The number of aryl methyl sites for hydroxylation is 1. The molecule has 0 spiro atoms. The Bertz CT molecular complexity index is 470. The van der Waals surface area contributed by atoms with Crippen molar-refractivity contribution in [2.45, 2.75) is 38.6 Å². The zero-order chi connectivity index (χ0) is 13.3. The summed E-state index contributed by atoms with van der Waals surface area (Å²) in [6.07, 6.45) is 4.43. The van der Waals surface area contributed by atoms with Crippen molar-refractivity contribution < 1.29 is 15.0 Å². The normalized spacial score (nSPS) is 16.9. The van der Waals surface area contributed by atoms with E-state index in [1.165, 1.54) is 6.07 Å². The van der Waals surface area contributed by atoms with Gasteiger partial charge in [0.2, 0.25) is 0 Å². The Morgan fingerprint density at radius 3 is 2.47 bits per heavy atom. The van der Waals surface area contributed by atoms with Gasteiger partial charge in [-0.05, 0) is 37.3 Å². The van der Waals surface area contributed by atoms with E-state index >= 15 is 0 Å². The summed E-state index contributed by atoms with van der Waals surface area (Å²) in [5, 5.41) is 19.1. The van der Waals surface area contributed by atoms with Crippen molar-refractivity contribution in [1.29, 1.82) is 0 Å². The van der Waals surface area contributed by atoms with Crippen LogP contribution in [-0.4, -0.2) is 16.2 Å². The third-order valence-corrected chi connectivity index (χ3v) is 3.78. The van der Waals surface area contributed by atoms with E-state index in [-0.39, 0.29) is 29.8 Å². The van der Waals surface area contributed by atoms with E-state index in [0.717, 1.165) is 31.2 Å². The fourth-order valence-corrected chi connectivity index (χ4v) is 2.79. The number of carboxylic acids is 1. The van der Waals surface area contributed by atoms with Crippen molar-refractivity contribution in [3.8, 4) is 5.75 Å². The van der Waals surface area contributed by atoms with Gasteiger partial charge in [0.25, 0.3) is 0 Å². The molecule has 1 aromatic rings. The van der Waals surface area contributed by atoms with Gasteiger partial charge in [-0.1, -0.05) is 18.9 Å². The molecule has 0 aliphatic heterocycles. The van der Waals surface area contributed by atoms with Crippen molar-refractivity contribution in [3.63, 3.8) is 0 Å². The minimum atomic E-state index is -1.11. The highest BCUT2D eigenvalue weighted by atomic mass is 35.5. The number of nitrogens with two attached hydrogens (primary N) is 1. The Labute approximate surface area is 119 Å². The highest BCUT2D eigenvalue weighted by molar-refractivity contribution is 5.91. The van der Waals surface area contributed by atoms with E-state index in [2.05, 4.69) is 0 Å². The molecule has 4 N–H and O–H groups in total. The standard InChI is InChI=1S/C14H19NO3.ClH/c1-8-6-10(12(15)9-4-2-3-5-9)13(16)11(7-8)14(17)18;/h6-7,9,12,16H,2-5,15H2,1H3,(H,17,18);1H/t12-;/m0./s1. The number of benzene rings is 1. The van der Waals surface area contributed by atoms with E-state index in [1.54, 1.807) is 6.07 Å². The molecule has 2 rings (SSSR count). The van der Waals surface area contributed by atoms with Crippen molar-refractivity contribution in [2.24, 2.45) is 11.7 Å². The second kappa shape index (κ2) is 6.26. The quantitative estimate of drug-likeness (QED) is 0.797. The second-order valence-corrected chi connectivity index (χ2v) is 5.13. The maximum absolute atomic E-state index is 11.1. The molecule has 0 radical (unpaired) electrons. The van der Waals surface area contributed by atoms with E-state index in [0.29, 0.717) is 11.5 Å². The lowest BCUT2D eigenvalue weighted by molar-refractivity contribution is 0.0693. The molecule has 1 atom stereocenters. The summed E-state index contributed by atoms with van der Waals surface area (Å²) in [5.41, 5.74) is 7.51. The summed E-state index contributed by atoms with van der Waals surface area (Å²) in [6.45, 7) is 1.82. The third kappa shape index (κ3) is 3.19. The molecule has 4 nitrogen and oxygen atoms in total. The molecule has 1 fully saturated rings. The molecule has 0 amide bonds. The van der Waals surface area contributed by atoms with Crippen molar-refractivity contribution in [1.82, 2.24) is 0 Å². The molecule has 5 heteroatoms. The van der Waals surface area contributed by atoms with Crippen LogP contribution in [0.4, 0.5) is 0 Å². The number of phenols is 1. The SMILES string of the molecule is Cc1cc(C(=O)O)c(O)c([C@@H](N)C2CCCC2)c1.Cl. The number of carbonyl (C=O) groups is 1. The van der Waals surface area contributed by atoms with Gasteiger partial charge in [0.15, 0.2) is 0 Å². The molecule has 106 valence electrons. The molecule has 0 aromatic heterocycles. The molecular weight excluding hydrogens is 266 g/mol. The third-order valence-electron chi connectivity index (χ3n) is 3.78. The monoisotopic (exact) mass is 285 g/mol. The van der Waals surface area contributed by atoms with Gasteiger partial charge in [0.05, 0.1) is 0 Å². The van der Waals surface area contributed by atoms with Crippen LogP contribution in [-0.2, 0) is 0 Å². The van der Waals surface area contributed by atoms with Crippen LogP contribution in [0.15, 0.2) is 12.1 Å². The van der Waals surface area contributed by atoms with E-state index in [1.807, 2.05) is 6.92 Å². The number of hydrogen-bond donors (Lipinski definition) is 3. The number of hydrogen-bond acceptors (Lipinski definition) is 3. The fourth-order valence-electron chi connectivity index (χ4n) is 2.79. The maximum Gasteiger partial charge on any atom is 0.339 e. The van der Waals surface area contributed by atoms with E-state index in [9.17, 15) is 9.90 Å². The van der Waals surface area contributed by atoms with Crippen LogP contribution >= 0.6 is 12.4 Å². The molecule has 1 aromatic carbocycles. The largest absolute Gasteiger partial charge is 0.507 e. The predicted molar refractivity (Wildman–Crippen MR) is 75.9 cm³/mol. The summed E-state index contributed by atoms with van der Waals surface area (Å²) in [4.78, 5) is 11.1. The van der Waals surface area contributed by atoms with E-state index in [4.69, 9.17) is 10.8 Å². The van der Waals surface area contributed by atoms with E-state index < -0.39 is 5.97 Å². The van der Waals surface area contributed by atoms with Gasteiger partial charge in [0, 0.05) is 11.6 Å². The first-order valence-corrected chi connectivity index (χ1v) is 6.33. The maximum atomic E-state index is 11.1. The van der Waals surface area contributed by atoms with Crippen LogP contribution in [0.3, 0.4) is 0 Å². The zero-order valence-electron chi connectivity index (χ0n) is 10.9. The van der Waals surface area contributed by atoms with Gasteiger partial charge in [-0.25, -0.2) is 4.79 Å². The molecule has 0 heterocycles. The Kier molecular flexibility index (Phi) is 5.20. The number of rotatable bonds is 3. The summed E-state index contributed by atoms with van der Waals surface area (Å²) >= 11 is 0. The van der Waals surface area contributed by atoms with Gasteiger partial charge in [0.1, 0.15) is 11.3 Å². The molecule has 0 saturated heterocycles. The Morgan fingerprint density at radius 1 is 1.37 bits per heavy atom. The minimum Gasteiger partial charge on any atom is -0.507 e. The first-order valence-electron chi connectivity index (χ1n) is 6.33. The van der Waals surface area contributed by atoms with Gasteiger partial charge in [-0.2, -0.15) is 0 Å². The fraction of sp³-hybridized carbons (Fsp3) is 0.500. The van der Waals surface area contributed by atoms with Crippen LogP contribution < -0.4 is 5.73 Å². The van der Waals surface area contributed by atoms with Crippen LogP contribution in [0, 0.1) is 12.8 Å². The topological polar surface area (TPSA) is 83.5 Å². The van der Waals surface area contributed by atoms with Gasteiger partial charge >= 0.3 is 5.97 Å². The van der Waals surface area contributed by atoms with Crippen LogP contribution in [0.2, 0.25) is 0 Å². The molecule has 1 saturated carbocycles. The highest BCUT2D eigenvalue weighted by Gasteiger charge is 2.27. The Hall–Kier alpha value is -1.26. The lowest BCUT2D eigenvalue weighted by atomic mass is 9.89. The lowest BCUT2D eigenvalue weighted by Gasteiger charge is -2.21. The van der Waals surface area contributed by atoms with Gasteiger partial charge < -0.3 is 15.9 Å². The lowest BCUT2D eigenvalue weighted by Crippen LogP contribution is -2.20. The van der Waals surface area contributed by atoms with Gasteiger partial charge in [-0.15, -0.1) is 12.4 Å². The molecule has 19 heavy (non-hydrogen) atoms. The number of aromatic hydroxyl groups is 1. The Morgan fingerprint density at radius 2 is 1.95 bits per heavy atom. The second-order valence-electron chi connectivity index (χ2n) is 5.13. The minimum absolute atomic E-state index is 0. The van der Waals surface area contributed by atoms with Crippen LogP contribution in [0.5, 0.6) is 5.75 Å². The van der Waals surface area contributed by atoms with Gasteiger partial charge in [-0.3, -0.25) is 0 Å². The summed E-state index contributed by atoms with van der Waals surface area (Å²) in [5.74, 6) is -0.942. The zero-order valence-corrected chi connectivity index (χ0v) is 11.7. The first kappa shape index (κ1) is 15.8. The number of halogens is 1. The first-order chi connectivity index (χ1) is 8.50. The molecule has 0 bridgehead atoms. The molecule has 1 aliphatic rings. The van der Waals surface area contributed by atoms with Crippen LogP contribution in [0.1, 0.15) is 53.2 Å². The summed E-state index contributed by atoms with van der Waals surface area (Å²) in [7, 11) is 0. The number of aromatic carboxylic acids is 1. The summed E-state index contributed by atoms with van der Waals surface area (Å²) in [6, 6.07) is 3.00. The molecule has 1 aliphatic carbocycles. The molecular formula is C14H20ClNO3. The number of carboxylic acid groups (broad SMARTS) is 1. The van der Waals surface area contributed by atoms with Crippen molar-refractivity contribution >= 4 is 18.4 Å². The predicted octanol–water partition coefficient (Wildman–Crippen LogP) is 3.01. The summed E-state index contributed by atoms with van der Waals surface area (Å²) < 4.78 is 0.